The van der Waals surface area contributed by atoms with Crippen molar-refractivity contribution in [3.63, 3.8) is 0 Å². The highest BCUT2D eigenvalue weighted by molar-refractivity contribution is 7.99. The maximum absolute atomic E-state index is 11.9. The second kappa shape index (κ2) is 10.3. The topological polar surface area (TPSA) is 59.9 Å². The number of nitrogens with zero attached hydrogens (tertiary/aromatic N) is 1. The van der Waals surface area contributed by atoms with Gasteiger partial charge in [-0.2, -0.15) is 5.10 Å². The average molecular weight is 413 g/mol. The van der Waals surface area contributed by atoms with Crippen LogP contribution in [0.4, 0.5) is 0 Å². The van der Waals surface area contributed by atoms with Crippen molar-refractivity contribution in [3.8, 4) is 11.5 Å². The summed E-state index contributed by atoms with van der Waals surface area (Å²) in [5.74, 6) is 1.85. The quantitative estimate of drug-likeness (QED) is 0.515. The number of benzene rings is 2. The molecular weight excluding hydrogens is 395 g/mol. The molecule has 5 nitrogen and oxygen atoms in total. The van der Waals surface area contributed by atoms with Gasteiger partial charge < -0.3 is 9.47 Å². The van der Waals surface area contributed by atoms with Crippen LogP contribution in [-0.2, 0) is 10.5 Å². The smallest absolute Gasteiger partial charge is 0.250 e. The summed E-state index contributed by atoms with van der Waals surface area (Å²) in [5.41, 5.74) is 4.00. The molecule has 8 heteroatoms. The molecule has 1 amide bonds. The van der Waals surface area contributed by atoms with Gasteiger partial charge in [-0.15, -0.1) is 11.8 Å². The minimum Gasteiger partial charge on any atom is -0.497 e. The monoisotopic (exact) mass is 412 g/mol. The molecule has 0 saturated carbocycles. The number of thioether (sulfide) groups is 1. The van der Waals surface area contributed by atoms with Crippen molar-refractivity contribution in [2.24, 2.45) is 5.10 Å². The van der Waals surface area contributed by atoms with E-state index in [1.165, 1.54) is 18.0 Å². The van der Waals surface area contributed by atoms with E-state index in [0.717, 1.165) is 5.56 Å². The predicted octanol–water partition coefficient (Wildman–Crippen LogP) is 4.39. The van der Waals surface area contributed by atoms with Crippen molar-refractivity contribution < 1.29 is 14.3 Å². The van der Waals surface area contributed by atoms with E-state index in [0.29, 0.717) is 32.9 Å². The van der Waals surface area contributed by atoms with Crippen molar-refractivity contribution in [1.82, 2.24) is 5.43 Å². The van der Waals surface area contributed by atoms with Gasteiger partial charge in [-0.3, -0.25) is 4.79 Å². The van der Waals surface area contributed by atoms with Gasteiger partial charge in [0.05, 0.1) is 26.2 Å². The Hall–Kier alpha value is -1.89. The van der Waals surface area contributed by atoms with Crippen molar-refractivity contribution in [2.45, 2.75) is 5.75 Å². The number of amides is 1. The number of hydrogen-bond donors (Lipinski definition) is 1. The lowest BCUT2D eigenvalue weighted by molar-refractivity contribution is -0.118. The number of rotatable bonds is 8. The SMILES string of the molecule is COc1ccc(OC)c(/C=N\NC(=O)CSCc2c(Cl)cccc2Cl)c1. The van der Waals surface area contributed by atoms with Crippen LogP contribution in [0.3, 0.4) is 0 Å². The second-order valence-electron chi connectivity index (χ2n) is 5.09. The maximum Gasteiger partial charge on any atom is 0.250 e. The van der Waals surface area contributed by atoms with Crippen molar-refractivity contribution in [2.75, 3.05) is 20.0 Å². The van der Waals surface area contributed by atoms with Crippen LogP contribution in [-0.4, -0.2) is 32.1 Å². The van der Waals surface area contributed by atoms with Crippen molar-refractivity contribution in [1.29, 1.82) is 0 Å². The Morgan fingerprint density at radius 3 is 2.58 bits per heavy atom. The number of halogens is 2. The third-order valence-electron chi connectivity index (χ3n) is 3.37. The van der Waals surface area contributed by atoms with E-state index in [9.17, 15) is 4.79 Å². The summed E-state index contributed by atoms with van der Waals surface area (Å²) >= 11 is 13.6. The molecule has 0 atom stereocenters. The third-order valence-corrected chi connectivity index (χ3v) is 5.04. The molecule has 2 aromatic rings. The number of methoxy groups -OCH3 is 2. The van der Waals surface area contributed by atoms with Gasteiger partial charge in [-0.05, 0) is 35.9 Å². The lowest BCUT2D eigenvalue weighted by Gasteiger charge is -2.07. The number of carbonyl (C=O) groups excluding carboxylic acids is 1. The first-order valence-corrected chi connectivity index (χ1v) is 9.50. The van der Waals surface area contributed by atoms with Gasteiger partial charge in [0, 0.05) is 21.4 Å². The van der Waals surface area contributed by atoms with Crippen LogP contribution in [0.25, 0.3) is 0 Å². The van der Waals surface area contributed by atoms with E-state index in [4.69, 9.17) is 32.7 Å². The molecule has 0 aliphatic carbocycles. The van der Waals surface area contributed by atoms with Gasteiger partial charge in [0.2, 0.25) is 5.91 Å². The van der Waals surface area contributed by atoms with Crippen LogP contribution < -0.4 is 14.9 Å². The fourth-order valence-corrected chi connectivity index (χ4v) is 3.62. The van der Waals surface area contributed by atoms with Crippen molar-refractivity contribution >= 4 is 47.1 Å². The Morgan fingerprint density at radius 1 is 1.19 bits per heavy atom. The average Bonchev–Trinajstić information content (AvgIpc) is 2.64. The molecule has 0 unspecified atom stereocenters. The minimum absolute atomic E-state index is 0.226. The molecule has 1 N–H and O–H groups in total. The van der Waals surface area contributed by atoms with Gasteiger partial charge in [-0.1, -0.05) is 29.3 Å². The standard InChI is InChI=1S/C18H18Cl2N2O3S/c1-24-13-6-7-17(25-2)12(8-13)9-21-22-18(23)11-26-10-14-15(19)4-3-5-16(14)20/h3-9H,10-11H2,1-2H3,(H,22,23)/b21-9-. The van der Waals surface area contributed by atoms with Crippen LogP contribution in [0.2, 0.25) is 10.0 Å². The van der Waals surface area contributed by atoms with Gasteiger partial charge in [0.15, 0.2) is 0 Å². The lowest BCUT2D eigenvalue weighted by Crippen LogP contribution is -2.19. The summed E-state index contributed by atoms with van der Waals surface area (Å²) in [7, 11) is 3.14. The first-order valence-electron chi connectivity index (χ1n) is 7.59. The highest BCUT2D eigenvalue weighted by Gasteiger charge is 2.07. The molecule has 0 aromatic heterocycles. The molecule has 0 heterocycles. The minimum atomic E-state index is -0.226. The van der Waals surface area contributed by atoms with Crippen molar-refractivity contribution in [3.05, 3.63) is 57.6 Å². The number of carbonyl (C=O) groups is 1. The first kappa shape index (κ1) is 20.4. The largest absolute Gasteiger partial charge is 0.497 e. The van der Waals surface area contributed by atoms with E-state index in [-0.39, 0.29) is 11.7 Å². The Morgan fingerprint density at radius 2 is 1.92 bits per heavy atom. The number of hydrazone groups is 1. The molecule has 0 radical (unpaired) electrons. The van der Waals surface area contributed by atoms with E-state index < -0.39 is 0 Å². The summed E-state index contributed by atoms with van der Waals surface area (Å²) in [6.45, 7) is 0. The molecular formula is C18H18Cl2N2O3S. The number of ether oxygens (including phenoxy) is 2. The summed E-state index contributed by atoms with van der Waals surface area (Å²) in [4.78, 5) is 11.9. The van der Waals surface area contributed by atoms with Gasteiger partial charge >= 0.3 is 0 Å². The highest BCUT2D eigenvalue weighted by atomic mass is 35.5. The zero-order valence-corrected chi connectivity index (χ0v) is 16.6. The Balaban J connectivity index is 1.86. The fraction of sp³-hybridized carbons (Fsp3) is 0.222. The first-order chi connectivity index (χ1) is 12.5. The molecule has 0 fully saturated rings. The fourth-order valence-electron chi connectivity index (χ4n) is 2.06. The molecule has 2 aromatic carbocycles. The lowest BCUT2D eigenvalue weighted by atomic mass is 10.2. The zero-order chi connectivity index (χ0) is 18.9. The van der Waals surface area contributed by atoms with Crippen LogP contribution in [0.1, 0.15) is 11.1 Å². The van der Waals surface area contributed by atoms with E-state index in [1.54, 1.807) is 50.6 Å². The normalized spacial score (nSPS) is 10.8. The van der Waals surface area contributed by atoms with Crippen LogP contribution in [0, 0.1) is 0 Å². The van der Waals surface area contributed by atoms with E-state index >= 15 is 0 Å². The highest BCUT2D eigenvalue weighted by Crippen LogP contribution is 2.28. The second-order valence-corrected chi connectivity index (χ2v) is 6.89. The summed E-state index contributed by atoms with van der Waals surface area (Å²) in [6, 6.07) is 10.6. The Kier molecular flexibility index (Phi) is 8.09. The van der Waals surface area contributed by atoms with Crippen LogP contribution in [0.5, 0.6) is 11.5 Å². The molecule has 26 heavy (non-hydrogen) atoms. The summed E-state index contributed by atoms with van der Waals surface area (Å²) in [6.07, 6.45) is 1.51. The molecule has 2 rings (SSSR count). The van der Waals surface area contributed by atoms with Gasteiger partial charge in [0.25, 0.3) is 0 Å². The summed E-state index contributed by atoms with van der Waals surface area (Å²) in [5, 5.41) is 5.14. The van der Waals surface area contributed by atoms with Gasteiger partial charge in [-0.25, -0.2) is 5.43 Å². The molecule has 0 spiro atoms. The van der Waals surface area contributed by atoms with Crippen LogP contribution >= 0.6 is 35.0 Å². The maximum atomic E-state index is 11.9. The van der Waals surface area contributed by atoms with E-state index in [1.807, 2.05) is 0 Å². The summed E-state index contributed by atoms with van der Waals surface area (Å²) < 4.78 is 10.4. The molecule has 0 saturated heterocycles. The Bertz CT molecular complexity index is 780. The zero-order valence-electron chi connectivity index (χ0n) is 14.3. The number of nitrogens with one attached hydrogen (secondary N) is 1. The van der Waals surface area contributed by atoms with Crippen LogP contribution in [0.15, 0.2) is 41.5 Å². The Labute approximate surface area is 166 Å². The number of hydrogen-bond acceptors (Lipinski definition) is 5. The van der Waals surface area contributed by atoms with E-state index in [2.05, 4.69) is 10.5 Å². The third kappa shape index (κ3) is 5.83. The molecule has 0 bridgehead atoms. The molecule has 0 aliphatic rings. The molecule has 0 aliphatic heterocycles. The predicted molar refractivity (Wildman–Crippen MR) is 108 cm³/mol. The van der Waals surface area contributed by atoms with Gasteiger partial charge in [0.1, 0.15) is 11.5 Å². The molecule has 138 valence electrons.